The molecule has 0 radical (unpaired) electrons. The van der Waals surface area contributed by atoms with E-state index < -0.39 is 0 Å². The van der Waals surface area contributed by atoms with Gasteiger partial charge in [-0.25, -0.2) is 4.98 Å². The molecule has 1 fully saturated rings. The van der Waals surface area contributed by atoms with Gasteiger partial charge >= 0.3 is 0 Å². The van der Waals surface area contributed by atoms with Gasteiger partial charge in [0.05, 0.1) is 7.11 Å². The van der Waals surface area contributed by atoms with Crippen molar-refractivity contribution in [2.45, 2.75) is 31.7 Å². The lowest BCUT2D eigenvalue weighted by Crippen LogP contribution is -2.32. The van der Waals surface area contributed by atoms with Crippen LogP contribution in [0.15, 0.2) is 18.3 Å². The summed E-state index contributed by atoms with van der Waals surface area (Å²) < 4.78 is 5.25. The molecular formula is C13H19N3O2. The highest BCUT2D eigenvalue weighted by Gasteiger charge is 2.25. The fourth-order valence-electron chi connectivity index (χ4n) is 2.38. The number of amides is 1. The Labute approximate surface area is 107 Å². The molecule has 1 aromatic rings. The predicted octanol–water partition coefficient (Wildman–Crippen LogP) is 1.55. The molecule has 0 spiro atoms. The molecule has 18 heavy (non-hydrogen) atoms. The third-order valence-corrected chi connectivity index (χ3v) is 3.46. The highest BCUT2D eigenvalue weighted by molar-refractivity contribution is 5.76. The van der Waals surface area contributed by atoms with E-state index in [2.05, 4.69) is 10.3 Å². The smallest absolute Gasteiger partial charge is 0.220 e. The van der Waals surface area contributed by atoms with Crippen LogP contribution in [0.25, 0.3) is 0 Å². The Hall–Kier alpha value is -1.78. The van der Waals surface area contributed by atoms with E-state index >= 15 is 0 Å². The number of nitrogens with two attached hydrogens (primary N) is 1. The van der Waals surface area contributed by atoms with E-state index in [1.54, 1.807) is 13.3 Å². The number of hydrogen-bond donors (Lipinski definition) is 2. The minimum Gasteiger partial charge on any atom is -0.493 e. The molecule has 1 aromatic heterocycles. The van der Waals surface area contributed by atoms with Gasteiger partial charge in [0.2, 0.25) is 5.91 Å². The van der Waals surface area contributed by atoms with Crippen LogP contribution in [0.4, 0.5) is 5.82 Å². The Morgan fingerprint density at radius 2 is 2.17 bits per heavy atom. The number of rotatable bonds is 4. The highest BCUT2D eigenvalue weighted by atomic mass is 16.5. The molecule has 3 N–H and O–H groups in total. The Kier molecular flexibility index (Phi) is 4.02. The molecule has 5 heteroatoms. The zero-order chi connectivity index (χ0) is 13.0. The van der Waals surface area contributed by atoms with Crippen LogP contribution in [0.5, 0.6) is 5.75 Å². The maximum absolute atomic E-state index is 11.1. The van der Waals surface area contributed by atoms with Crippen molar-refractivity contribution in [1.82, 2.24) is 4.98 Å². The summed E-state index contributed by atoms with van der Waals surface area (Å²) >= 11 is 0. The number of aromatic nitrogens is 1. The van der Waals surface area contributed by atoms with Crippen LogP contribution in [-0.4, -0.2) is 24.0 Å². The van der Waals surface area contributed by atoms with E-state index in [1.165, 1.54) is 0 Å². The van der Waals surface area contributed by atoms with Crippen molar-refractivity contribution in [3.05, 3.63) is 18.3 Å². The standard InChI is InChI=1S/C13H19N3O2/c1-18-11-3-2-8-15-13(11)16-10-6-4-9(5-7-10)12(14)17/h2-3,8-10H,4-7H2,1H3,(H2,14,17)(H,15,16). The van der Waals surface area contributed by atoms with Crippen molar-refractivity contribution in [2.24, 2.45) is 11.7 Å². The highest BCUT2D eigenvalue weighted by Crippen LogP contribution is 2.28. The number of nitrogens with zero attached hydrogens (tertiary/aromatic N) is 1. The van der Waals surface area contributed by atoms with Crippen LogP contribution in [0.3, 0.4) is 0 Å². The number of methoxy groups -OCH3 is 1. The van der Waals surface area contributed by atoms with Crippen LogP contribution in [0.2, 0.25) is 0 Å². The van der Waals surface area contributed by atoms with Gasteiger partial charge in [0.25, 0.3) is 0 Å². The van der Waals surface area contributed by atoms with Gasteiger partial charge in [-0.1, -0.05) is 0 Å². The monoisotopic (exact) mass is 249 g/mol. The topological polar surface area (TPSA) is 77.2 Å². The molecule has 0 atom stereocenters. The van der Waals surface area contributed by atoms with Gasteiger partial charge in [0.15, 0.2) is 11.6 Å². The van der Waals surface area contributed by atoms with Crippen molar-refractivity contribution in [3.8, 4) is 5.75 Å². The SMILES string of the molecule is COc1cccnc1NC1CCC(C(N)=O)CC1. The van der Waals surface area contributed by atoms with Gasteiger partial charge in [-0.05, 0) is 37.8 Å². The Balaban J connectivity index is 1.93. The summed E-state index contributed by atoms with van der Waals surface area (Å²) in [4.78, 5) is 15.4. The average molecular weight is 249 g/mol. The number of nitrogens with one attached hydrogen (secondary N) is 1. The Morgan fingerprint density at radius 3 is 2.78 bits per heavy atom. The van der Waals surface area contributed by atoms with Crippen molar-refractivity contribution in [3.63, 3.8) is 0 Å². The van der Waals surface area contributed by atoms with Crippen LogP contribution in [0.1, 0.15) is 25.7 Å². The van der Waals surface area contributed by atoms with Crippen LogP contribution in [0, 0.1) is 5.92 Å². The van der Waals surface area contributed by atoms with E-state index in [4.69, 9.17) is 10.5 Å². The lowest BCUT2D eigenvalue weighted by atomic mass is 9.85. The van der Waals surface area contributed by atoms with Gasteiger partial charge in [-0.3, -0.25) is 4.79 Å². The zero-order valence-electron chi connectivity index (χ0n) is 10.6. The second kappa shape index (κ2) is 5.71. The first-order chi connectivity index (χ1) is 8.70. The first-order valence-corrected chi connectivity index (χ1v) is 6.25. The number of anilines is 1. The second-order valence-corrected chi connectivity index (χ2v) is 4.65. The first kappa shape index (κ1) is 12.7. The lowest BCUT2D eigenvalue weighted by Gasteiger charge is -2.28. The number of hydrogen-bond acceptors (Lipinski definition) is 4. The lowest BCUT2D eigenvalue weighted by molar-refractivity contribution is -0.122. The predicted molar refractivity (Wildman–Crippen MR) is 69.4 cm³/mol. The summed E-state index contributed by atoms with van der Waals surface area (Å²) in [6, 6.07) is 4.06. The molecular weight excluding hydrogens is 230 g/mol. The molecule has 1 saturated carbocycles. The fraction of sp³-hybridized carbons (Fsp3) is 0.538. The molecule has 0 aliphatic heterocycles. The zero-order valence-corrected chi connectivity index (χ0v) is 10.6. The normalized spacial score (nSPS) is 23.4. The number of pyridine rings is 1. The fourth-order valence-corrected chi connectivity index (χ4v) is 2.38. The summed E-state index contributed by atoms with van der Waals surface area (Å²) in [5.41, 5.74) is 5.32. The molecule has 2 rings (SSSR count). The Bertz CT molecular complexity index is 414. The number of carbonyl (C=O) groups excluding carboxylic acids is 1. The molecule has 1 amide bonds. The summed E-state index contributed by atoms with van der Waals surface area (Å²) in [5.74, 6) is 1.37. The van der Waals surface area contributed by atoms with Gasteiger partial charge in [0, 0.05) is 18.2 Å². The van der Waals surface area contributed by atoms with Crippen LogP contribution in [-0.2, 0) is 4.79 Å². The molecule has 98 valence electrons. The van der Waals surface area contributed by atoms with E-state index in [1.807, 2.05) is 12.1 Å². The molecule has 0 unspecified atom stereocenters. The van der Waals surface area contributed by atoms with E-state index in [9.17, 15) is 4.79 Å². The van der Waals surface area contributed by atoms with Gasteiger partial charge in [0.1, 0.15) is 0 Å². The Morgan fingerprint density at radius 1 is 1.44 bits per heavy atom. The number of ether oxygens (including phenoxy) is 1. The summed E-state index contributed by atoms with van der Waals surface area (Å²) in [6.45, 7) is 0. The van der Waals surface area contributed by atoms with Crippen LogP contribution >= 0.6 is 0 Å². The van der Waals surface area contributed by atoms with Gasteiger partial charge in [-0.15, -0.1) is 0 Å². The van der Waals surface area contributed by atoms with Crippen molar-refractivity contribution < 1.29 is 9.53 Å². The second-order valence-electron chi connectivity index (χ2n) is 4.65. The molecule has 0 saturated heterocycles. The third kappa shape index (κ3) is 2.91. The third-order valence-electron chi connectivity index (χ3n) is 3.46. The number of primary amides is 1. The quantitative estimate of drug-likeness (QED) is 0.848. The summed E-state index contributed by atoms with van der Waals surface area (Å²) in [5, 5.41) is 3.37. The van der Waals surface area contributed by atoms with Crippen molar-refractivity contribution in [1.29, 1.82) is 0 Å². The molecule has 5 nitrogen and oxygen atoms in total. The number of carbonyl (C=O) groups is 1. The summed E-state index contributed by atoms with van der Waals surface area (Å²) in [6.07, 6.45) is 5.31. The molecule has 0 aromatic carbocycles. The van der Waals surface area contributed by atoms with Crippen LogP contribution < -0.4 is 15.8 Å². The minimum atomic E-state index is -0.177. The minimum absolute atomic E-state index is 0.0358. The van der Waals surface area contributed by atoms with Crippen molar-refractivity contribution >= 4 is 11.7 Å². The molecule has 1 aliphatic rings. The first-order valence-electron chi connectivity index (χ1n) is 6.25. The maximum atomic E-state index is 11.1. The summed E-state index contributed by atoms with van der Waals surface area (Å²) in [7, 11) is 1.63. The van der Waals surface area contributed by atoms with E-state index in [0.717, 1.165) is 37.3 Å². The average Bonchev–Trinajstić information content (AvgIpc) is 2.40. The van der Waals surface area contributed by atoms with Gasteiger partial charge < -0.3 is 15.8 Å². The molecule has 1 aliphatic carbocycles. The molecule has 0 bridgehead atoms. The largest absolute Gasteiger partial charge is 0.493 e. The molecule has 1 heterocycles. The van der Waals surface area contributed by atoms with E-state index in [0.29, 0.717) is 6.04 Å². The maximum Gasteiger partial charge on any atom is 0.220 e. The van der Waals surface area contributed by atoms with Crippen molar-refractivity contribution in [2.75, 3.05) is 12.4 Å². The van der Waals surface area contributed by atoms with Gasteiger partial charge in [-0.2, -0.15) is 0 Å². The van der Waals surface area contributed by atoms with E-state index in [-0.39, 0.29) is 11.8 Å².